The monoisotopic (exact) mass is 238 g/mol. The van der Waals surface area contributed by atoms with Crippen molar-refractivity contribution < 1.29 is 9.47 Å². The second-order valence-corrected chi connectivity index (χ2v) is 3.93. The number of hydrogen-bond acceptors (Lipinski definition) is 4. The van der Waals surface area contributed by atoms with E-state index in [-0.39, 0.29) is 6.04 Å². The highest BCUT2D eigenvalue weighted by Crippen LogP contribution is 2.23. The molecule has 0 saturated heterocycles. The molecule has 0 aliphatic heterocycles. The van der Waals surface area contributed by atoms with E-state index in [1.807, 2.05) is 25.1 Å². The average molecular weight is 238 g/mol. The maximum absolute atomic E-state index is 5.83. The predicted molar refractivity (Wildman–Crippen MR) is 71.6 cm³/mol. The van der Waals surface area contributed by atoms with Gasteiger partial charge in [-0.15, -0.1) is 0 Å². The third-order valence-corrected chi connectivity index (χ3v) is 2.47. The first-order chi connectivity index (χ1) is 8.19. The van der Waals surface area contributed by atoms with Gasteiger partial charge in [0.05, 0.1) is 13.2 Å². The van der Waals surface area contributed by atoms with Gasteiger partial charge in [-0.3, -0.25) is 0 Å². The largest absolute Gasteiger partial charge is 0.494 e. The first-order valence-electron chi connectivity index (χ1n) is 5.98. The van der Waals surface area contributed by atoms with E-state index in [1.54, 1.807) is 7.11 Å². The Kier molecular flexibility index (Phi) is 5.63. The smallest absolute Gasteiger partial charge is 0.123 e. The van der Waals surface area contributed by atoms with Crippen molar-refractivity contribution in [3.05, 3.63) is 18.2 Å². The molecule has 4 nitrogen and oxygen atoms in total. The molecular formula is C13H22N2O2. The van der Waals surface area contributed by atoms with Crippen molar-refractivity contribution in [2.75, 3.05) is 31.4 Å². The molecule has 0 heterocycles. The Morgan fingerprint density at radius 1 is 1.29 bits per heavy atom. The summed E-state index contributed by atoms with van der Waals surface area (Å²) in [5, 5.41) is 3.38. The molecule has 1 rings (SSSR count). The number of nitrogens with two attached hydrogens (primary N) is 1. The summed E-state index contributed by atoms with van der Waals surface area (Å²) in [4.78, 5) is 0. The lowest BCUT2D eigenvalue weighted by molar-refractivity contribution is 0.184. The van der Waals surface area contributed by atoms with Gasteiger partial charge < -0.3 is 20.5 Å². The van der Waals surface area contributed by atoms with E-state index in [1.165, 1.54) is 0 Å². The second-order valence-electron chi connectivity index (χ2n) is 3.93. The Bertz CT molecular complexity index is 342. The normalized spacial score (nSPS) is 12.2. The average Bonchev–Trinajstić information content (AvgIpc) is 2.28. The summed E-state index contributed by atoms with van der Waals surface area (Å²) in [6, 6.07) is 5.97. The van der Waals surface area contributed by atoms with E-state index in [2.05, 4.69) is 12.2 Å². The van der Waals surface area contributed by atoms with Crippen LogP contribution in [0.3, 0.4) is 0 Å². The zero-order valence-electron chi connectivity index (χ0n) is 10.8. The minimum absolute atomic E-state index is 0.288. The van der Waals surface area contributed by atoms with Gasteiger partial charge in [0.1, 0.15) is 5.75 Å². The summed E-state index contributed by atoms with van der Waals surface area (Å²) in [7, 11) is 1.70. The summed E-state index contributed by atoms with van der Waals surface area (Å²) in [6.07, 6.45) is 0.993. The van der Waals surface area contributed by atoms with Crippen LogP contribution < -0.4 is 15.8 Å². The van der Waals surface area contributed by atoms with Crippen molar-refractivity contribution in [1.82, 2.24) is 0 Å². The van der Waals surface area contributed by atoms with Crippen molar-refractivity contribution >= 4 is 11.4 Å². The molecule has 17 heavy (non-hydrogen) atoms. The molecule has 0 spiro atoms. The molecule has 0 amide bonds. The van der Waals surface area contributed by atoms with Crippen LogP contribution in [0, 0.1) is 0 Å². The highest BCUT2D eigenvalue weighted by Gasteiger charge is 2.07. The number of ether oxygens (including phenoxy) is 2. The maximum atomic E-state index is 5.83. The maximum Gasteiger partial charge on any atom is 0.123 e. The summed E-state index contributed by atoms with van der Waals surface area (Å²) >= 11 is 0. The van der Waals surface area contributed by atoms with Crippen molar-refractivity contribution in [2.45, 2.75) is 26.3 Å². The predicted octanol–water partition coefficient (Wildman–Crippen LogP) is 2.50. The van der Waals surface area contributed by atoms with Gasteiger partial charge in [-0.2, -0.15) is 0 Å². The quantitative estimate of drug-likeness (QED) is 0.717. The fourth-order valence-corrected chi connectivity index (χ4v) is 1.65. The molecule has 0 bridgehead atoms. The van der Waals surface area contributed by atoms with Gasteiger partial charge in [0.25, 0.3) is 0 Å². The standard InChI is InChI=1S/C13H22N2O2/c1-4-11(9-16-3)15-12-6-10(14)7-13(8-12)17-5-2/h6-8,11,15H,4-5,9,14H2,1-3H3. The lowest BCUT2D eigenvalue weighted by Crippen LogP contribution is -2.23. The molecule has 1 aromatic rings. The van der Waals surface area contributed by atoms with Crippen molar-refractivity contribution in [1.29, 1.82) is 0 Å². The molecule has 4 heteroatoms. The summed E-state index contributed by atoms with van der Waals surface area (Å²) in [6.45, 7) is 5.38. The fraction of sp³-hybridized carbons (Fsp3) is 0.538. The molecule has 0 fully saturated rings. The number of methoxy groups -OCH3 is 1. The van der Waals surface area contributed by atoms with Gasteiger partial charge in [-0.25, -0.2) is 0 Å². The van der Waals surface area contributed by atoms with Crippen LogP contribution in [-0.4, -0.2) is 26.4 Å². The summed E-state index contributed by atoms with van der Waals surface area (Å²) in [5.74, 6) is 0.794. The number of nitrogen functional groups attached to an aromatic ring is 1. The van der Waals surface area contributed by atoms with Crippen molar-refractivity contribution in [3.8, 4) is 5.75 Å². The molecule has 96 valence electrons. The molecule has 1 atom stereocenters. The number of nitrogens with one attached hydrogen (secondary N) is 1. The molecule has 0 aromatic heterocycles. The van der Waals surface area contributed by atoms with E-state index in [0.717, 1.165) is 17.9 Å². The molecule has 1 unspecified atom stereocenters. The minimum Gasteiger partial charge on any atom is -0.494 e. The fourth-order valence-electron chi connectivity index (χ4n) is 1.65. The lowest BCUT2D eigenvalue weighted by atomic mass is 10.2. The van der Waals surface area contributed by atoms with Crippen molar-refractivity contribution in [2.24, 2.45) is 0 Å². The van der Waals surface area contributed by atoms with Crippen LogP contribution in [0.15, 0.2) is 18.2 Å². The number of benzene rings is 1. The van der Waals surface area contributed by atoms with Gasteiger partial charge in [0.2, 0.25) is 0 Å². The van der Waals surface area contributed by atoms with Gasteiger partial charge >= 0.3 is 0 Å². The Morgan fingerprint density at radius 3 is 2.65 bits per heavy atom. The van der Waals surface area contributed by atoms with Crippen LogP contribution in [0.1, 0.15) is 20.3 Å². The first kappa shape index (κ1) is 13.6. The van der Waals surface area contributed by atoms with Gasteiger partial charge in [-0.1, -0.05) is 6.92 Å². The van der Waals surface area contributed by atoms with Crippen LogP contribution in [0.5, 0.6) is 5.75 Å². The van der Waals surface area contributed by atoms with Gasteiger partial charge in [0.15, 0.2) is 0 Å². The van der Waals surface area contributed by atoms with Crippen LogP contribution in [0.25, 0.3) is 0 Å². The van der Waals surface area contributed by atoms with E-state index >= 15 is 0 Å². The van der Waals surface area contributed by atoms with Crippen LogP contribution in [-0.2, 0) is 4.74 Å². The van der Waals surface area contributed by atoms with E-state index in [0.29, 0.717) is 18.9 Å². The second kappa shape index (κ2) is 7.01. The van der Waals surface area contributed by atoms with Crippen LogP contribution in [0.4, 0.5) is 11.4 Å². The Morgan fingerprint density at radius 2 is 2.06 bits per heavy atom. The minimum atomic E-state index is 0.288. The van der Waals surface area contributed by atoms with Crippen LogP contribution >= 0.6 is 0 Å². The number of anilines is 2. The van der Waals surface area contributed by atoms with Gasteiger partial charge in [-0.05, 0) is 19.4 Å². The molecule has 0 saturated carbocycles. The van der Waals surface area contributed by atoms with Gasteiger partial charge in [0, 0.05) is 36.7 Å². The molecule has 1 aromatic carbocycles. The number of hydrogen-bond donors (Lipinski definition) is 2. The summed E-state index contributed by atoms with van der Waals surface area (Å²) in [5.41, 5.74) is 7.50. The third kappa shape index (κ3) is 4.53. The SMILES string of the molecule is CCOc1cc(N)cc(NC(CC)COC)c1. The van der Waals surface area contributed by atoms with Crippen LogP contribution in [0.2, 0.25) is 0 Å². The molecular weight excluding hydrogens is 216 g/mol. The Hall–Kier alpha value is -1.42. The number of rotatable bonds is 7. The lowest BCUT2D eigenvalue weighted by Gasteiger charge is -2.18. The zero-order chi connectivity index (χ0) is 12.7. The Balaban J connectivity index is 2.75. The van der Waals surface area contributed by atoms with E-state index in [9.17, 15) is 0 Å². The highest BCUT2D eigenvalue weighted by atomic mass is 16.5. The topological polar surface area (TPSA) is 56.5 Å². The molecule has 0 aliphatic rings. The third-order valence-electron chi connectivity index (χ3n) is 2.47. The molecule has 0 aliphatic carbocycles. The molecule has 3 N–H and O–H groups in total. The van der Waals surface area contributed by atoms with Crippen molar-refractivity contribution in [3.63, 3.8) is 0 Å². The Labute approximate surface area is 103 Å². The van der Waals surface area contributed by atoms with E-state index < -0.39 is 0 Å². The highest BCUT2D eigenvalue weighted by molar-refractivity contribution is 5.59. The summed E-state index contributed by atoms with van der Waals surface area (Å²) < 4.78 is 10.6. The van der Waals surface area contributed by atoms with E-state index in [4.69, 9.17) is 15.2 Å². The zero-order valence-corrected chi connectivity index (χ0v) is 10.8. The first-order valence-corrected chi connectivity index (χ1v) is 5.98. The molecule has 0 radical (unpaired) electrons.